The van der Waals surface area contributed by atoms with Gasteiger partial charge in [0.05, 0.1) is 12.2 Å². The SMILES string of the molecule is C1CCC2OC2C1.CC.CC(C)C. The summed E-state index contributed by atoms with van der Waals surface area (Å²) in [5, 5.41) is 0. The molecule has 0 aromatic carbocycles. The van der Waals surface area contributed by atoms with Crippen molar-refractivity contribution in [1.82, 2.24) is 0 Å². The first kappa shape index (κ1) is 13.0. The van der Waals surface area contributed by atoms with Gasteiger partial charge in [0.25, 0.3) is 0 Å². The van der Waals surface area contributed by atoms with Crippen LogP contribution in [0.4, 0.5) is 0 Å². The Morgan fingerprint density at radius 2 is 1.23 bits per heavy atom. The van der Waals surface area contributed by atoms with Gasteiger partial charge in [0.1, 0.15) is 0 Å². The summed E-state index contributed by atoms with van der Waals surface area (Å²) >= 11 is 0. The lowest BCUT2D eigenvalue weighted by Gasteiger charge is -2.00. The molecular formula is C12H26O. The molecule has 1 saturated carbocycles. The number of hydrogen-bond acceptors (Lipinski definition) is 1. The second-order valence-electron chi connectivity index (χ2n) is 4.23. The predicted molar refractivity (Wildman–Crippen MR) is 59.0 cm³/mol. The van der Waals surface area contributed by atoms with Crippen molar-refractivity contribution in [3.8, 4) is 0 Å². The molecule has 1 aliphatic heterocycles. The average Bonchev–Trinajstić information content (AvgIpc) is 2.85. The summed E-state index contributed by atoms with van der Waals surface area (Å²) in [4.78, 5) is 0. The number of epoxide rings is 1. The summed E-state index contributed by atoms with van der Waals surface area (Å²) in [7, 11) is 0. The molecule has 1 heteroatoms. The average molecular weight is 186 g/mol. The van der Waals surface area contributed by atoms with Gasteiger partial charge in [-0.2, -0.15) is 0 Å². The van der Waals surface area contributed by atoms with E-state index in [1.54, 1.807) is 0 Å². The molecule has 0 amide bonds. The zero-order valence-corrected chi connectivity index (χ0v) is 9.97. The standard InChI is InChI=1S/C6H10O.C4H10.C2H6/c1-2-4-6-5(3-1)7-6;1-4(2)3;1-2/h5-6H,1-4H2;4H,1-3H3;1-2H3. The van der Waals surface area contributed by atoms with E-state index in [9.17, 15) is 0 Å². The molecule has 2 rings (SSSR count). The normalized spacial score (nSPS) is 29.1. The van der Waals surface area contributed by atoms with Gasteiger partial charge in [-0.15, -0.1) is 0 Å². The van der Waals surface area contributed by atoms with Crippen molar-refractivity contribution in [3.63, 3.8) is 0 Å². The van der Waals surface area contributed by atoms with E-state index in [0.717, 1.165) is 5.92 Å². The summed E-state index contributed by atoms with van der Waals surface area (Å²) in [5.41, 5.74) is 0. The molecule has 2 atom stereocenters. The zero-order valence-electron chi connectivity index (χ0n) is 9.97. The molecule has 0 N–H and O–H groups in total. The fraction of sp³-hybridized carbons (Fsp3) is 1.00. The van der Waals surface area contributed by atoms with Crippen LogP contribution >= 0.6 is 0 Å². The molecule has 0 radical (unpaired) electrons. The van der Waals surface area contributed by atoms with Crippen LogP contribution in [0.25, 0.3) is 0 Å². The lowest BCUT2D eigenvalue weighted by molar-refractivity contribution is 0.373. The minimum atomic E-state index is 0.703. The Balaban J connectivity index is 0.000000211. The summed E-state index contributed by atoms with van der Waals surface area (Å²) in [6.07, 6.45) is 6.89. The lowest BCUT2D eigenvalue weighted by atomic mass is 10.0. The van der Waals surface area contributed by atoms with Gasteiger partial charge in [-0.1, -0.05) is 47.5 Å². The molecule has 1 nitrogen and oxygen atoms in total. The predicted octanol–water partition coefficient (Wildman–Crippen LogP) is 4.02. The first-order chi connectivity index (χ1) is 6.20. The van der Waals surface area contributed by atoms with Crippen molar-refractivity contribution >= 4 is 0 Å². The van der Waals surface area contributed by atoms with Gasteiger partial charge in [0.2, 0.25) is 0 Å². The highest BCUT2D eigenvalue weighted by Crippen LogP contribution is 2.35. The maximum atomic E-state index is 5.28. The molecule has 0 aromatic heterocycles. The van der Waals surface area contributed by atoms with Gasteiger partial charge in [-0.05, 0) is 18.8 Å². The Kier molecular flexibility index (Phi) is 7.35. The molecule has 2 aliphatic rings. The highest BCUT2D eigenvalue weighted by Gasteiger charge is 2.39. The summed E-state index contributed by atoms with van der Waals surface area (Å²) in [6.45, 7) is 10.5. The maximum absolute atomic E-state index is 5.28. The zero-order chi connectivity index (χ0) is 10.3. The third-order valence-electron chi connectivity index (χ3n) is 1.91. The molecule has 0 spiro atoms. The maximum Gasteiger partial charge on any atom is 0.0841 e. The highest BCUT2D eigenvalue weighted by atomic mass is 16.6. The van der Waals surface area contributed by atoms with E-state index < -0.39 is 0 Å². The van der Waals surface area contributed by atoms with Crippen LogP contribution in [0.5, 0.6) is 0 Å². The monoisotopic (exact) mass is 186 g/mol. The third kappa shape index (κ3) is 7.06. The lowest BCUT2D eigenvalue weighted by Crippen LogP contribution is -2.00. The Morgan fingerprint density at radius 1 is 0.923 bits per heavy atom. The van der Waals surface area contributed by atoms with Gasteiger partial charge < -0.3 is 4.74 Å². The van der Waals surface area contributed by atoms with E-state index in [2.05, 4.69) is 20.8 Å². The first-order valence-electron chi connectivity index (χ1n) is 5.85. The quantitative estimate of drug-likeness (QED) is 0.521. The topological polar surface area (TPSA) is 12.5 Å². The molecule has 1 saturated heterocycles. The van der Waals surface area contributed by atoms with E-state index in [-0.39, 0.29) is 0 Å². The Hall–Kier alpha value is -0.0400. The van der Waals surface area contributed by atoms with Gasteiger partial charge >= 0.3 is 0 Å². The molecule has 1 aliphatic carbocycles. The third-order valence-corrected chi connectivity index (χ3v) is 1.91. The minimum absolute atomic E-state index is 0.703. The molecule has 13 heavy (non-hydrogen) atoms. The van der Waals surface area contributed by atoms with Crippen LogP contribution in [-0.2, 0) is 4.74 Å². The van der Waals surface area contributed by atoms with Crippen LogP contribution in [0, 0.1) is 5.92 Å². The molecule has 0 aromatic rings. The van der Waals surface area contributed by atoms with E-state index in [1.165, 1.54) is 25.7 Å². The second-order valence-corrected chi connectivity index (χ2v) is 4.23. The van der Waals surface area contributed by atoms with Crippen LogP contribution in [0.2, 0.25) is 0 Å². The van der Waals surface area contributed by atoms with Crippen LogP contribution in [0.3, 0.4) is 0 Å². The Bertz CT molecular complexity index is 96.9. The van der Waals surface area contributed by atoms with E-state index in [1.807, 2.05) is 13.8 Å². The van der Waals surface area contributed by atoms with E-state index in [0.29, 0.717) is 12.2 Å². The number of hydrogen-bond donors (Lipinski definition) is 0. The summed E-state index contributed by atoms with van der Waals surface area (Å²) in [6, 6.07) is 0. The van der Waals surface area contributed by atoms with E-state index >= 15 is 0 Å². The van der Waals surface area contributed by atoms with Gasteiger partial charge in [0.15, 0.2) is 0 Å². The van der Waals surface area contributed by atoms with Gasteiger partial charge in [-0.25, -0.2) is 0 Å². The number of rotatable bonds is 0. The Labute approximate surface area is 83.9 Å². The van der Waals surface area contributed by atoms with Crippen molar-refractivity contribution in [2.45, 2.75) is 72.5 Å². The van der Waals surface area contributed by atoms with Crippen LogP contribution in [0.15, 0.2) is 0 Å². The van der Waals surface area contributed by atoms with Crippen LogP contribution in [0.1, 0.15) is 60.3 Å². The molecule has 2 fully saturated rings. The van der Waals surface area contributed by atoms with Crippen molar-refractivity contribution < 1.29 is 4.74 Å². The van der Waals surface area contributed by atoms with Crippen molar-refractivity contribution in [3.05, 3.63) is 0 Å². The molecule has 1 heterocycles. The summed E-state index contributed by atoms with van der Waals surface area (Å²) < 4.78 is 5.28. The highest BCUT2D eigenvalue weighted by molar-refractivity contribution is 4.87. The number of fused-ring (bicyclic) bond motifs is 1. The fourth-order valence-corrected chi connectivity index (χ4v) is 1.38. The molecule has 0 bridgehead atoms. The largest absolute Gasteiger partial charge is 0.370 e. The molecular weight excluding hydrogens is 160 g/mol. The van der Waals surface area contributed by atoms with Gasteiger partial charge in [0, 0.05) is 0 Å². The molecule has 2 unspecified atom stereocenters. The Morgan fingerprint density at radius 3 is 1.46 bits per heavy atom. The minimum Gasteiger partial charge on any atom is -0.370 e. The first-order valence-corrected chi connectivity index (χ1v) is 5.85. The smallest absolute Gasteiger partial charge is 0.0841 e. The van der Waals surface area contributed by atoms with Crippen molar-refractivity contribution in [2.24, 2.45) is 5.92 Å². The van der Waals surface area contributed by atoms with E-state index in [4.69, 9.17) is 4.74 Å². The number of ether oxygens (including phenoxy) is 1. The van der Waals surface area contributed by atoms with Crippen molar-refractivity contribution in [2.75, 3.05) is 0 Å². The molecule has 80 valence electrons. The fourth-order valence-electron chi connectivity index (χ4n) is 1.38. The van der Waals surface area contributed by atoms with Crippen LogP contribution in [-0.4, -0.2) is 12.2 Å². The van der Waals surface area contributed by atoms with Crippen molar-refractivity contribution in [1.29, 1.82) is 0 Å². The van der Waals surface area contributed by atoms with Crippen LogP contribution < -0.4 is 0 Å². The summed E-state index contributed by atoms with van der Waals surface area (Å²) in [5.74, 6) is 0.833. The second kappa shape index (κ2) is 7.37. The van der Waals surface area contributed by atoms with Gasteiger partial charge in [-0.3, -0.25) is 0 Å².